The van der Waals surface area contributed by atoms with Crippen LogP contribution in [0.5, 0.6) is 0 Å². The second kappa shape index (κ2) is 5.10. The fourth-order valence-electron chi connectivity index (χ4n) is 1.85. The maximum Gasteiger partial charge on any atom is 0.407 e. The third kappa shape index (κ3) is 3.25. The van der Waals surface area contributed by atoms with Gasteiger partial charge in [0.2, 0.25) is 0 Å². The summed E-state index contributed by atoms with van der Waals surface area (Å²) >= 11 is 0. The minimum absolute atomic E-state index is 0.263. The van der Waals surface area contributed by atoms with Crippen molar-refractivity contribution in [2.75, 3.05) is 6.61 Å². The molecule has 0 spiro atoms. The van der Waals surface area contributed by atoms with Gasteiger partial charge in [0.05, 0.1) is 6.61 Å². The summed E-state index contributed by atoms with van der Waals surface area (Å²) in [6, 6.07) is 0.327. The first kappa shape index (κ1) is 10.4. The van der Waals surface area contributed by atoms with Gasteiger partial charge in [0.15, 0.2) is 0 Å². The third-order valence-electron chi connectivity index (χ3n) is 2.69. The van der Waals surface area contributed by atoms with Crippen LogP contribution >= 0.6 is 0 Å². The van der Waals surface area contributed by atoms with Crippen molar-refractivity contribution in [2.24, 2.45) is 5.92 Å². The van der Waals surface area contributed by atoms with E-state index in [1.807, 2.05) is 6.92 Å². The van der Waals surface area contributed by atoms with Gasteiger partial charge in [-0.05, 0) is 25.7 Å². The molecule has 1 N–H and O–H groups in total. The first-order chi connectivity index (χ1) is 6.24. The highest BCUT2D eigenvalue weighted by Crippen LogP contribution is 2.23. The van der Waals surface area contributed by atoms with Gasteiger partial charge in [0, 0.05) is 6.04 Å². The molecule has 1 unspecified atom stereocenters. The predicted octanol–water partition coefficient (Wildman–Crippen LogP) is 2.31. The summed E-state index contributed by atoms with van der Waals surface area (Å²) in [5, 5.41) is 2.91. The number of carbonyl (C=O) groups excluding carboxylic acids is 1. The number of rotatable bonds is 2. The van der Waals surface area contributed by atoms with Crippen LogP contribution in [0.4, 0.5) is 4.79 Å². The molecule has 0 heterocycles. The molecule has 1 aliphatic rings. The van der Waals surface area contributed by atoms with Gasteiger partial charge in [-0.2, -0.15) is 0 Å². The van der Waals surface area contributed by atoms with Gasteiger partial charge in [-0.25, -0.2) is 4.79 Å². The first-order valence-corrected chi connectivity index (χ1v) is 5.17. The van der Waals surface area contributed by atoms with E-state index in [9.17, 15) is 4.79 Å². The van der Waals surface area contributed by atoms with Crippen molar-refractivity contribution in [3.63, 3.8) is 0 Å². The van der Waals surface area contributed by atoms with Crippen LogP contribution in [0.2, 0.25) is 0 Å². The zero-order chi connectivity index (χ0) is 9.68. The van der Waals surface area contributed by atoms with Crippen LogP contribution in [0.3, 0.4) is 0 Å². The van der Waals surface area contributed by atoms with E-state index in [-0.39, 0.29) is 6.09 Å². The Bertz CT molecular complexity index is 170. The van der Waals surface area contributed by atoms with E-state index in [4.69, 9.17) is 4.74 Å². The summed E-state index contributed by atoms with van der Waals surface area (Å²) in [6.07, 6.45) is 4.57. The maximum absolute atomic E-state index is 11.1. The van der Waals surface area contributed by atoms with Gasteiger partial charge >= 0.3 is 6.09 Å². The molecule has 1 aliphatic carbocycles. The van der Waals surface area contributed by atoms with Crippen LogP contribution in [0, 0.1) is 5.92 Å². The van der Waals surface area contributed by atoms with Crippen molar-refractivity contribution in [3.05, 3.63) is 0 Å². The third-order valence-corrected chi connectivity index (χ3v) is 2.69. The maximum atomic E-state index is 11.1. The fourth-order valence-corrected chi connectivity index (χ4v) is 1.85. The summed E-state index contributed by atoms with van der Waals surface area (Å²) < 4.78 is 4.84. The highest BCUT2D eigenvalue weighted by Gasteiger charge is 2.22. The molecule has 3 nitrogen and oxygen atoms in total. The molecular weight excluding hydrogens is 166 g/mol. The average Bonchev–Trinajstić information content (AvgIpc) is 2.09. The normalized spacial score (nSPS) is 28.2. The van der Waals surface area contributed by atoms with Crippen molar-refractivity contribution in [1.82, 2.24) is 5.32 Å². The first-order valence-electron chi connectivity index (χ1n) is 5.17. The van der Waals surface area contributed by atoms with Gasteiger partial charge in [0.25, 0.3) is 0 Å². The number of carbonyl (C=O) groups is 1. The highest BCUT2D eigenvalue weighted by molar-refractivity contribution is 5.67. The lowest BCUT2D eigenvalue weighted by Gasteiger charge is -2.28. The van der Waals surface area contributed by atoms with E-state index in [0.717, 1.165) is 6.42 Å². The molecule has 2 atom stereocenters. The standard InChI is InChI=1S/C10H19NO2/c1-3-13-10(12)11-9-7-5-4-6-8(9)2/h8-9H,3-7H2,1-2H3,(H,11,12)/t8-,9?/m0/s1. The lowest BCUT2D eigenvalue weighted by molar-refractivity contribution is 0.139. The van der Waals surface area contributed by atoms with Crippen LogP contribution in [-0.4, -0.2) is 18.7 Å². The Balaban J connectivity index is 2.29. The summed E-state index contributed by atoms with van der Waals surface area (Å²) in [5.41, 5.74) is 0. The molecule has 0 aromatic carbocycles. The van der Waals surface area contributed by atoms with Crippen molar-refractivity contribution in [2.45, 2.75) is 45.6 Å². The zero-order valence-electron chi connectivity index (χ0n) is 8.51. The van der Waals surface area contributed by atoms with Crippen LogP contribution in [0.15, 0.2) is 0 Å². The Morgan fingerprint density at radius 2 is 2.15 bits per heavy atom. The van der Waals surface area contributed by atoms with Crippen LogP contribution in [-0.2, 0) is 4.74 Å². The SMILES string of the molecule is CCOC(=O)NC1CCCC[C@@H]1C. The number of ether oxygens (including phenoxy) is 1. The van der Waals surface area contributed by atoms with E-state index in [2.05, 4.69) is 12.2 Å². The molecular formula is C10H19NO2. The largest absolute Gasteiger partial charge is 0.450 e. The van der Waals surface area contributed by atoms with Gasteiger partial charge in [-0.3, -0.25) is 0 Å². The molecule has 0 aromatic heterocycles. The molecule has 3 heteroatoms. The Labute approximate surface area is 79.8 Å². The van der Waals surface area contributed by atoms with Gasteiger partial charge in [-0.1, -0.05) is 19.8 Å². The molecule has 1 rings (SSSR count). The Morgan fingerprint density at radius 3 is 2.77 bits per heavy atom. The Morgan fingerprint density at radius 1 is 1.46 bits per heavy atom. The van der Waals surface area contributed by atoms with Crippen molar-refractivity contribution in [1.29, 1.82) is 0 Å². The zero-order valence-corrected chi connectivity index (χ0v) is 8.51. The Kier molecular flexibility index (Phi) is 4.06. The lowest BCUT2D eigenvalue weighted by atomic mass is 9.86. The smallest absolute Gasteiger partial charge is 0.407 e. The molecule has 76 valence electrons. The minimum Gasteiger partial charge on any atom is -0.450 e. The quantitative estimate of drug-likeness (QED) is 0.717. The van der Waals surface area contributed by atoms with Crippen LogP contribution in [0.25, 0.3) is 0 Å². The number of hydrogen-bond donors (Lipinski definition) is 1. The predicted molar refractivity (Wildman–Crippen MR) is 51.6 cm³/mol. The van der Waals surface area contributed by atoms with E-state index >= 15 is 0 Å². The van der Waals surface area contributed by atoms with Gasteiger partial charge < -0.3 is 10.1 Å². The number of amides is 1. The van der Waals surface area contributed by atoms with E-state index in [0.29, 0.717) is 18.6 Å². The van der Waals surface area contributed by atoms with Gasteiger partial charge in [-0.15, -0.1) is 0 Å². The monoisotopic (exact) mass is 185 g/mol. The molecule has 0 saturated heterocycles. The van der Waals surface area contributed by atoms with E-state index in [1.165, 1.54) is 19.3 Å². The molecule has 1 saturated carbocycles. The van der Waals surface area contributed by atoms with Crippen LogP contribution in [0.1, 0.15) is 39.5 Å². The molecule has 0 bridgehead atoms. The number of nitrogens with one attached hydrogen (secondary N) is 1. The molecule has 1 amide bonds. The topological polar surface area (TPSA) is 38.3 Å². The van der Waals surface area contributed by atoms with E-state index in [1.54, 1.807) is 0 Å². The van der Waals surface area contributed by atoms with Crippen molar-refractivity contribution >= 4 is 6.09 Å². The summed E-state index contributed by atoms with van der Waals surface area (Å²) in [6.45, 7) is 4.47. The summed E-state index contributed by atoms with van der Waals surface area (Å²) in [5.74, 6) is 0.596. The van der Waals surface area contributed by atoms with Crippen molar-refractivity contribution in [3.8, 4) is 0 Å². The van der Waals surface area contributed by atoms with E-state index < -0.39 is 0 Å². The summed E-state index contributed by atoms with van der Waals surface area (Å²) in [4.78, 5) is 11.1. The highest BCUT2D eigenvalue weighted by atomic mass is 16.5. The minimum atomic E-state index is -0.263. The van der Waals surface area contributed by atoms with Crippen LogP contribution < -0.4 is 5.32 Å². The number of alkyl carbamates (subject to hydrolysis) is 1. The molecule has 0 aromatic rings. The van der Waals surface area contributed by atoms with Gasteiger partial charge in [0.1, 0.15) is 0 Å². The second-order valence-electron chi connectivity index (χ2n) is 3.73. The lowest BCUT2D eigenvalue weighted by Crippen LogP contribution is -2.41. The molecule has 13 heavy (non-hydrogen) atoms. The molecule has 0 aliphatic heterocycles. The average molecular weight is 185 g/mol. The molecule has 1 fully saturated rings. The second-order valence-corrected chi connectivity index (χ2v) is 3.73. The summed E-state index contributed by atoms with van der Waals surface area (Å²) in [7, 11) is 0. The molecule has 0 radical (unpaired) electrons. The number of hydrogen-bond acceptors (Lipinski definition) is 2. The fraction of sp³-hybridized carbons (Fsp3) is 0.900. The Hall–Kier alpha value is -0.730. The van der Waals surface area contributed by atoms with Crippen molar-refractivity contribution < 1.29 is 9.53 Å².